The molecule has 0 aromatic heterocycles. The van der Waals surface area contributed by atoms with Gasteiger partial charge in [-0.05, 0) is 31.2 Å². The van der Waals surface area contributed by atoms with Crippen LogP contribution in [0.5, 0.6) is 0 Å². The molecule has 0 saturated carbocycles. The highest BCUT2D eigenvalue weighted by Crippen LogP contribution is 2.27. The van der Waals surface area contributed by atoms with Crippen LogP contribution in [0, 0.1) is 5.92 Å². The number of nitrogens with one attached hydrogen (secondary N) is 1. The molecule has 0 spiro atoms. The molecule has 0 atom stereocenters. The van der Waals surface area contributed by atoms with E-state index in [-0.39, 0.29) is 17.3 Å². The highest BCUT2D eigenvalue weighted by atomic mass is 79.9. The Morgan fingerprint density at radius 1 is 1.00 bits per heavy atom. The molecule has 0 aliphatic heterocycles. The highest BCUT2D eigenvalue weighted by Gasteiger charge is 2.40. The molecule has 120 valence electrons. The number of carbonyl (C=O) groups is 3. The van der Waals surface area contributed by atoms with Crippen molar-refractivity contribution in [1.29, 1.82) is 0 Å². The maximum atomic E-state index is 12.4. The third-order valence-electron chi connectivity index (χ3n) is 3.84. The average molecular weight is 385 g/mol. The molecule has 1 amide bonds. The van der Waals surface area contributed by atoms with Gasteiger partial charge in [-0.25, -0.2) is 5.43 Å². The summed E-state index contributed by atoms with van der Waals surface area (Å²) in [5, 5.41) is 3.95. The first-order chi connectivity index (χ1) is 11.5. The number of nitrogens with zero attached hydrogens (tertiary/aromatic N) is 1. The zero-order valence-corrected chi connectivity index (χ0v) is 14.3. The fourth-order valence-corrected chi connectivity index (χ4v) is 2.86. The van der Waals surface area contributed by atoms with Gasteiger partial charge < -0.3 is 0 Å². The van der Waals surface area contributed by atoms with E-state index in [9.17, 15) is 14.4 Å². The number of hydrazone groups is 1. The quantitative estimate of drug-likeness (QED) is 0.501. The van der Waals surface area contributed by atoms with Gasteiger partial charge in [-0.2, -0.15) is 5.10 Å². The summed E-state index contributed by atoms with van der Waals surface area (Å²) >= 11 is 3.29. The number of carbonyl (C=O) groups excluding carboxylic acids is 3. The molecular formula is C18H13BrN2O3. The van der Waals surface area contributed by atoms with Gasteiger partial charge in [-0.15, -0.1) is 0 Å². The maximum Gasteiger partial charge on any atom is 0.271 e. The van der Waals surface area contributed by atoms with Crippen molar-refractivity contribution >= 4 is 39.1 Å². The van der Waals surface area contributed by atoms with Crippen molar-refractivity contribution in [2.24, 2.45) is 11.0 Å². The molecule has 1 aliphatic rings. The minimum atomic E-state index is -0.965. The average Bonchev–Trinajstić information content (AvgIpc) is 2.85. The van der Waals surface area contributed by atoms with Crippen molar-refractivity contribution in [1.82, 2.24) is 5.43 Å². The lowest BCUT2D eigenvalue weighted by Crippen LogP contribution is -2.27. The second kappa shape index (κ2) is 6.49. The molecule has 0 heterocycles. The fourth-order valence-electron chi connectivity index (χ4n) is 2.59. The summed E-state index contributed by atoms with van der Waals surface area (Å²) in [6.45, 7) is 1.56. The third-order valence-corrected chi connectivity index (χ3v) is 4.37. The normalized spacial score (nSPS) is 14.7. The zero-order chi connectivity index (χ0) is 17.3. The lowest BCUT2D eigenvalue weighted by atomic mass is 9.99. The molecule has 2 aromatic carbocycles. The molecule has 6 heteroatoms. The van der Waals surface area contributed by atoms with E-state index in [4.69, 9.17) is 0 Å². The Bertz CT molecular complexity index is 837. The summed E-state index contributed by atoms with van der Waals surface area (Å²) in [7, 11) is 0. The maximum absolute atomic E-state index is 12.4. The van der Waals surface area contributed by atoms with Gasteiger partial charge in [0.05, 0.1) is 5.71 Å². The predicted octanol–water partition coefficient (Wildman–Crippen LogP) is 3.25. The van der Waals surface area contributed by atoms with E-state index in [1.165, 1.54) is 0 Å². The standard InChI is InChI=1S/C18H13BrN2O3/c1-10(20-21-18(24)11-6-8-12(19)9-7-11)15-16(22)13-4-2-3-5-14(13)17(15)23/h2-9,15H,1H3,(H,21,24). The lowest BCUT2D eigenvalue weighted by Gasteiger charge is -2.07. The van der Waals surface area contributed by atoms with Crippen LogP contribution in [0.4, 0.5) is 0 Å². The van der Waals surface area contributed by atoms with E-state index in [1.54, 1.807) is 55.5 Å². The van der Waals surface area contributed by atoms with Crippen molar-refractivity contribution < 1.29 is 14.4 Å². The molecule has 0 radical (unpaired) electrons. The largest absolute Gasteiger partial charge is 0.293 e. The van der Waals surface area contributed by atoms with Crippen molar-refractivity contribution in [2.45, 2.75) is 6.92 Å². The van der Waals surface area contributed by atoms with Crippen LogP contribution in [-0.4, -0.2) is 23.2 Å². The van der Waals surface area contributed by atoms with Crippen molar-refractivity contribution in [3.05, 3.63) is 69.7 Å². The number of Topliss-reactive ketones (excluding diaryl/α,β-unsaturated/α-hetero) is 2. The summed E-state index contributed by atoms with van der Waals surface area (Å²) in [6.07, 6.45) is 0. The van der Waals surface area contributed by atoms with Gasteiger partial charge in [-0.1, -0.05) is 40.2 Å². The SMILES string of the molecule is CC(=NNC(=O)c1ccc(Br)cc1)C1C(=O)c2ccccc2C1=O. The molecule has 2 aromatic rings. The number of amides is 1. The van der Waals surface area contributed by atoms with Crippen LogP contribution >= 0.6 is 15.9 Å². The Kier molecular flexibility index (Phi) is 4.40. The van der Waals surface area contributed by atoms with Gasteiger partial charge in [0, 0.05) is 21.2 Å². The third kappa shape index (κ3) is 2.92. The molecule has 1 N–H and O–H groups in total. The number of halogens is 1. The van der Waals surface area contributed by atoms with Crippen LogP contribution < -0.4 is 5.43 Å². The molecule has 0 bridgehead atoms. The summed E-state index contributed by atoms with van der Waals surface area (Å²) in [5.74, 6) is -1.94. The topological polar surface area (TPSA) is 75.6 Å². The first kappa shape index (κ1) is 16.3. The monoisotopic (exact) mass is 384 g/mol. The molecule has 0 saturated heterocycles. The molecule has 0 unspecified atom stereocenters. The second-order valence-electron chi connectivity index (χ2n) is 5.41. The first-order valence-corrected chi connectivity index (χ1v) is 8.06. The summed E-state index contributed by atoms with van der Waals surface area (Å²) in [5.41, 5.74) is 3.90. The molecule has 1 aliphatic carbocycles. The van der Waals surface area contributed by atoms with E-state index >= 15 is 0 Å². The van der Waals surface area contributed by atoms with Gasteiger partial charge in [0.1, 0.15) is 5.92 Å². The number of hydrogen-bond donors (Lipinski definition) is 1. The van der Waals surface area contributed by atoms with E-state index in [0.717, 1.165) is 4.47 Å². The van der Waals surface area contributed by atoms with Crippen LogP contribution in [0.25, 0.3) is 0 Å². The summed E-state index contributed by atoms with van der Waals surface area (Å²) < 4.78 is 0.860. The van der Waals surface area contributed by atoms with E-state index < -0.39 is 11.8 Å². The minimum Gasteiger partial charge on any atom is -0.293 e. The molecule has 5 nitrogen and oxygen atoms in total. The van der Waals surface area contributed by atoms with Crippen molar-refractivity contribution in [3.8, 4) is 0 Å². The van der Waals surface area contributed by atoms with E-state index in [0.29, 0.717) is 16.7 Å². The first-order valence-electron chi connectivity index (χ1n) is 7.26. The van der Waals surface area contributed by atoms with Gasteiger partial charge in [0.2, 0.25) is 0 Å². The smallest absolute Gasteiger partial charge is 0.271 e. The Balaban J connectivity index is 1.77. The summed E-state index contributed by atoms with van der Waals surface area (Å²) in [6, 6.07) is 13.5. The Morgan fingerprint density at radius 3 is 2.08 bits per heavy atom. The minimum absolute atomic E-state index is 0.270. The number of benzene rings is 2. The van der Waals surface area contributed by atoms with Gasteiger partial charge in [-0.3, -0.25) is 14.4 Å². The van der Waals surface area contributed by atoms with Crippen molar-refractivity contribution in [3.63, 3.8) is 0 Å². The molecule has 3 rings (SSSR count). The number of rotatable bonds is 3. The van der Waals surface area contributed by atoms with Gasteiger partial charge in [0.15, 0.2) is 11.6 Å². The van der Waals surface area contributed by atoms with Crippen LogP contribution in [-0.2, 0) is 0 Å². The number of hydrogen-bond acceptors (Lipinski definition) is 4. The van der Waals surface area contributed by atoms with Gasteiger partial charge in [0.25, 0.3) is 5.91 Å². The van der Waals surface area contributed by atoms with E-state index in [2.05, 4.69) is 26.5 Å². The van der Waals surface area contributed by atoms with Crippen LogP contribution in [0.15, 0.2) is 58.1 Å². The lowest BCUT2D eigenvalue weighted by molar-refractivity contribution is 0.0877. The van der Waals surface area contributed by atoms with Gasteiger partial charge >= 0.3 is 0 Å². The van der Waals surface area contributed by atoms with Crippen molar-refractivity contribution in [2.75, 3.05) is 0 Å². The summed E-state index contributed by atoms with van der Waals surface area (Å²) in [4.78, 5) is 36.8. The molecule has 0 fully saturated rings. The van der Waals surface area contributed by atoms with Crippen LogP contribution in [0.1, 0.15) is 38.0 Å². The van der Waals surface area contributed by atoms with Crippen LogP contribution in [0.3, 0.4) is 0 Å². The Hall–Kier alpha value is -2.60. The fraction of sp³-hybridized carbons (Fsp3) is 0.111. The number of ketones is 2. The highest BCUT2D eigenvalue weighted by molar-refractivity contribution is 9.10. The van der Waals surface area contributed by atoms with E-state index in [1.807, 2.05) is 0 Å². The second-order valence-corrected chi connectivity index (χ2v) is 6.32. The number of fused-ring (bicyclic) bond motifs is 1. The Labute approximate surface area is 146 Å². The predicted molar refractivity (Wildman–Crippen MR) is 93.3 cm³/mol. The Morgan fingerprint density at radius 2 is 1.54 bits per heavy atom. The van der Waals surface area contributed by atoms with Crippen LogP contribution in [0.2, 0.25) is 0 Å². The molecule has 24 heavy (non-hydrogen) atoms. The molecular weight excluding hydrogens is 372 g/mol. The zero-order valence-electron chi connectivity index (χ0n) is 12.7.